The third kappa shape index (κ3) is 4.42. The average molecular weight is 507 g/mol. The average Bonchev–Trinajstić information content (AvgIpc) is 3.47. The lowest BCUT2D eigenvalue weighted by atomic mass is 10.0. The van der Waals surface area contributed by atoms with Gasteiger partial charge in [-0.05, 0) is 47.7 Å². The number of benzene rings is 2. The Labute approximate surface area is 208 Å². The summed E-state index contributed by atoms with van der Waals surface area (Å²) in [5.74, 6) is -0.476. The molecule has 0 N–H and O–H groups in total. The van der Waals surface area contributed by atoms with Gasteiger partial charge in [-0.2, -0.15) is 0 Å². The van der Waals surface area contributed by atoms with Gasteiger partial charge in [0.2, 0.25) is 0 Å². The zero-order chi connectivity index (χ0) is 23.7. The Bertz CT molecular complexity index is 1550. The van der Waals surface area contributed by atoms with Gasteiger partial charge in [0, 0.05) is 9.90 Å². The Morgan fingerprint density at radius 1 is 1.12 bits per heavy atom. The second kappa shape index (κ2) is 9.54. The molecule has 0 saturated heterocycles. The summed E-state index contributed by atoms with van der Waals surface area (Å²) in [6.45, 7) is 1.94. The fourth-order valence-electron chi connectivity index (χ4n) is 3.81. The van der Waals surface area contributed by atoms with E-state index in [0.29, 0.717) is 25.6 Å². The van der Waals surface area contributed by atoms with Gasteiger partial charge in [0.25, 0.3) is 5.56 Å². The highest BCUT2D eigenvalue weighted by Gasteiger charge is 2.34. The largest absolute Gasteiger partial charge is 0.457 e. The maximum absolute atomic E-state index is 13.5. The number of nitrogens with zero attached hydrogens (tertiary/aromatic N) is 2. The predicted octanol–water partition coefficient (Wildman–Crippen LogP) is 4.69. The molecule has 1 unspecified atom stereocenters. The number of fused-ring (bicyclic) bond motifs is 1. The molecule has 5 rings (SSSR count). The SMILES string of the molecule is CC1=C(C(=O)OCc2ccccc2)C(c2cccs2)n2c(sc(=Cc3ccc(Cl)cc3)c2=O)=N1. The van der Waals surface area contributed by atoms with E-state index in [1.165, 1.54) is 22.7 Å². The molecule has 1 aliphatic rings. The van der Waals surface area contributed by atoms with Crippen molar-refractivity contribution >= 4 is 46.3 Å². The van der Waals surface area contributed by atoms with E-state index in [4.69, 9.17) is 16.3 Å². The molecule has 3 heterocycles. The van der Waals surface area contributed by atoms with Crippen LogP contribution in [0.5, 0.6) is 0 Å². The zero-order valence-electron chi connectivity index (χ0n) is 18.1. The number of thiazole rings is 1. The molecule has 2 aromatic heterocycles. The van der Waals surface area contributed by atoms with Gasteiger partial charge in [-0.25, -0.2) is 9.79 Å². The topological polar surface area (TPSA) is 60.7 Å². The summed E-state index contributed by atoms with van der Waals surface area (Å²) in [7, 11) is 0. The zero-order valence-corrected chi connectivity index (χ0v) is 20.5. The molecule has 0 radical (unpaired) electrons. The molecule has 0 amide bonds. The van der Waals surface area contributed by atoms with Crippen LogP contribution in [0.1, 0.15) is 29.0 Å². The van der Waals surface area contributed by atoms with Crippen LogP contribution in [-0.2, 0) is 16.1 Å². The minimum Gasteiger partial charge on any atom is -0.457 e. The lowest BCUT2D eigenvalue weighted by Crippen LogP contribution is -2.39. The first kappa shape index (κ1) is 22.5. The van der Waals surface area contributed by atoms with E-state index in [1.807, 2.05) is 66.1 Å². The van der Waals surface area contributed by atoms with Crippen molar-refractivity contribution in [3.8, 4) is 0 Å². The van der Waals surface area contributed by atoms with E-state index in [0.717, 1.165) is 16.0 Å². The number of carbonyl (C=O) groups excluding carboxylic acids is 1. The van der Waals surface area contributed by atoms with Crippen LogP contribution < -0.4 is 14.9 Å². The van der Waals surface area contributed by atoms with Crippen LogP contribution in [0.4, 0.5) is 0 Å². The first-order chi connectivity index (χ1) is 16.5. The number of hydrogen-bond donors (Lipinski definition) is 0. The van der Waals surface area contributed by atoms with E-state index >= 15 is 0 Å². The van der Waals surface area contributed by atoms with Crippen molar-refractivity contribution in [2.75, 3.05) is 0 Å². The Kier molecular flexibility index (Phi) is 6.32. The number of carbonyl (C=O) groups is 1. The summed E-state index contributed by atoms with van der Waals surface area (Å²) < 4.78 is 7.79. The molecule has 0 spiro atoms. The molecule has 0 bridgehead atoms. The van der Waals surface area contributed by atoms with Gasteiger partial charge in [-0.15, -0.1) is 11.3 Å². The van der Waals surface area contributed by atoms with Crippen LogP contribution in [0.3, 0.4) is 0 Å². The number of ether oxygens (including phenoxy) is 1. The molecule has 0 aliphatic carbocycles. The number of hydrogen-bond acceptors (Lipinski definition) is 6. The lowest BCUT2D eigenvalue weighted by Gasteiger charge is -2.23. The monoisotopic (exact) mass is 506 g/mol. The lowest BCUT2D eigenvalue weighted by molar-refractivity contribution is -0.140. The van der Waals surface area contributed by atoms with Crippen LogP contribution >= 0.6 is 34.3 Å². The normalized spacial score (nSPS) is 15.7. The summed E-state index contributed by atoms with van der Waals surface area (Å²) in [6.07, 6.45) is 1.82. The minimum atomic E-state index is -0.591. The van der Waals surface area contributed by atoms with E-state index in [-0.39, 0.29) is 12.2 Å². The number of rotatable bonds is 5. The number of halogens is 1. The molecule has 2 aromatic carbocycles. The molecule has 0 fully saturated rings. The van der Waals surface area contributed by atoms with Crippen LogP contribution in [-0.4, -0.2) is 10.5 Å². The Balaban J connectivity index is 1.58. The first-order valence-electron chi connectivity index (χ1n) is 10.5. The van der Waals surface area contributed by atoms with E-state index in [9.17, 15) is 9.59 Å². The molecule has 0 saturated carbocycles. The Hall–Kier alpha value is -3.26. The van der Waals surface area contributed by atoms with Gasteiger partial charge < -0.3 is 4.74 Å². The molecule has 8 heteroatoms. The first-order valence-corrected chi connectivity index (χ1v) is 12.6. The molecule has 34 heavy (non-hydrogen) atoms. The summed E-state index contributed by atoms with van der Waals surface area (Å²) in [6, 6.07) is 20.0. The summed E-state index contributed by atoms with van der Waals surface area (Å²) >= 11 is 8.78. The van der Waals surface area contributed by atoms with Gasteiger partial charge in [0.15, 0.2) is 4.80 Å². The quantitative estimate of drug-likeness (QED) is 0.369. The van der Waals surface area contributed by atoms with E-state index in [2.05, 4.69) is 4.99 Å². The highest BCUT2D eigenvalue weighted by atomic mass is 35.5. The van der Waals surface area contributed by atoms with Crippen LogP contribution in [0.2, 0.25) is 5.02 Å². The van der Waals surface area contributed by atoms with Crippen molar-refractivity contribution in [1.82, 2.24) is 4.57 Å². The standard InChI is InChI=1S/C26H19ClN2O3S2/c1-16-22(25(31)32-15-18-6-3-2-4-7-18)23(20-8-5-13-33-20)29-24(30)21(34-26(29)28-16)14-17-9-11-19(27)12-10-17/h2-14,23H,15H2,1H3. The molecule has 5 nitrogen and oxygen atoms in total. The fourth-order valence-corrected chi connectivity index (χ4v) is 5.81. The number of esters is 1. The maximum atomic E-state index is 13.5. The van der Waals surface area contributed by atoms with Gasteiger partial charge >= 0.3 is 5.97 Å². The van der Waals surface area contributed by atoms with Gasteiger partial charge in [0.05, 0.1) is 15.8 Å². The van der Waals surface area contributed by atoms with Crippen molar-refractivity contribution in [3.05, 3.63) is 124 Å². The summed E-state index contributed by atoms with van der Waals surface area (Å²) in [4.78, 5) is 32.9. The highest BCUT2D eigenvalue weighted by molar-refractivity contribution is 7.10. The number of aromatic nitrogens is 1. The number of allylic oxidation sites excluding steroid dienone is 1. The van der Waals surface area contributed by atoms with Crippen LogP contribution in [0.25, 0.3) is 6.08 Å². The summed E-state index contributed by atoms with van der Waals surface area (Å²) in [5.41, 5.74) is 2.49. The minimum absolute atomic E-state index is 0.147. The Morgan fingerprint density at radius 2 is 1.88 bits per heavy atom. The summed E-state index contributed by atoms with van der Waals surface area (Å²) in [5, 5.41) is 2.56. The third-order valence-electron chi connectivity index (χ3n) is 5.43. The van der Waals surface area contributed by atoms with Crippen molar-refractivity contribution in [2.24, 2.45) is 4.99 Å². The van der Waals surface area contributed by atoms with Gasteiger partial charge in [-0.3, -0.25) is 9.36 Å². The van der Waals surface area contributed by atoms with Crippen molar-refractivity contribution < 1.29 is 9.53 Å². The Morgan fingerprint density at radius 3 is 2.59 bits per heavy atom. The van der Waals surface area contributed by atoms with Gasteiger partial charge in [0.1, 0.15) is 12.6 Å². The maximum Gasteiger partial charge on any atom is 0.338 e. The van der Waals surface area contributed by atoms with Crippen molar-refractivity contribution in [2.45, 2.75) is 19.6 Å². The third-order valence-corrected chi connectivity index (χ3v) is 7.59. The molecular formula is C26H19ClN2O3S2. The fraction of sp³-hybridized carbons (Fsp3) is 0.115. The molecule has 170 valence electrons. The van der Waals surface area contributed by atoms with E-state index in [1.54, 1.807) is 23.6 Å². The van der Waals surface area contributed by atoms with Crippen molar-refractivity contribution in [3.63, 3.8) is 0 Å². The molecular weight excluding hydrogens is 488 g/mol. The van der Waals surface area contributed by atoms with Crippen LogP contribution in [0.15, 0.2) is 93.2 Å². The van der Waals surface area contributed by atoms with Crippen molar-refractivity contribution in [1.29, 1.82) is 0 Å². The highest BCUT2D eigenvalue weighted by Crippen LogP contribution is 2.33. The van der Waals surface area contributed by atoms with Crippen LogP contribution in [0, 0.1) is 0 Å². The second-order valence-electron chi connectivity index (χ2n) is 7.71. The predicted molar refractivity (Wildman–Crippen MR) is 136 cm³/mol. The van der Waals surface area contributed by atoms with E-state index < -0.39 is 12.0 Å². The molecule has 4 aromatic rings. The number of thiophene rings is 1. The second-order valence-corrected chi connectivity index (χ2v) is 10.1. The molecule has 1 aliphatic heterocycles. The van der Waals surface area contributed by atoms with Gasteiger partial charge in [-0.1, -0.05) is 71.5 Å². The smallest absolute Gasteiger partial charge is 0.338 e. The molecule has 1 atom stereocenters.